The molecule has 0 spiro atoms. The first kappa shape index (κ1) is 27.2. The second-order valence-electron chi connectivity index (χ2n) is 10.1. The third-order valence-electron chi connectivity index (χ3n) is 7.24. The lowest BCUT2D eigenvalue weighted by Gasteiger charge is -2.25. The van der Waals surface area contributed by atoms with Crippen LogP contribution in [-0.4, -0.2) is 54.2 Å². The zero-order valence-corrected chi connectivity index (χ0v) is 23.8. The number of fused-ring (bicyclic) bond motifs is 3. The minimum atomic E-state index is -0.272. The Bertz CT molecular complexity index is 1610. The molecule has 1 aromatic heterocycles. The monoisotopic (exact) mass is 544 g/mol. The normalized spacial score (nSPS) is 14.2. The van der Waals surface area contributed by atoms with Gasteiger partial charge in [-0.05, 0) is 62.9 Å². The van der Waals surface area contributed by atoms with Crippen molar-refractivity contribution in [3.63, 3.8) is 0 Å². The Hall–Kier alpha value is -4.34. The van der Waals surface area contributed by atoms with Crippen molar-refractivity contribution < 1.29 is 14.3 Å². The predicted octanol–water partition coefficient (Wildman–Crippen LogP) is 2.56. The molecule has 2 N–H and O–H groups in total. The number of aromatic nitrogens is 2. The number of methoxy groups -OCH3 is 1. The van der Waals surface area contributed by atoms with Gasteiger partial charge in [-0.3, -0.25) is 18.9 Å². The van der Waals surface area contributed by atoms with Crippen LogP contribution >= 0.6 is 0 Å². The Balaban J connectivity index is 1.63. The zero-order valence-electron chi connectivity index (χ0n) is 23.8. The molecule has 1 amide bonds. The molecule has 210 valence electrons. The highest BCUT2D eigenvalue weighted by Crippen LogP contribution is 2.37. The van der Waals surface area contributed by atoms with Crippen molar-refractivity contribution in [3.8, 4) is 22.8 Å². The molecule has 0 atom stereocenters. The van der Waals surface area contributed by atoms with E-state index >= 15 is 0 Å². The van der Waals surface area contributed by atoms with Gasteiger partial charge in [0.1, 0.15) is 5.49 Å². The average molecular weight is 545 g/mol. The van der Waals surface area contributed by atoms with Crippen LogP contribution in [0.25, 0.3) is 11.3 Å². The smallest absolute Gasteiger partial charge is 0.330 e. The number of rotatable bonds is 8. The highest BCUT2D eigenvalue weighted by atomic mass is 16.5. The molecule has 0 unspecified atom stereocenters. The van der Waals surface area contributed by atoms with E-state index in [0.717, 1.165) is 39.2 Å². The number of aryl methyl sites for hydroxylation is 4. The van der Waals surface area contributed by atoms with Crippen molar-refractivity contribution >= 4 is 17.4 Å². The fourth-order valence-corrected chi connectivity index (χ4v) is 5.45. The number of nitrogens with one attached hydrogen (secondary N) is 2. The lowest BCUT2D eigenvalue weighted by molar-refractivity contribution is -0.115. The molecule has 0 radical (unpaired) electrons. The number of amides is 1. The first-order valence-corrected chi connectivity index (χ1v) is 13.7. The molecule has 0 bridgehead atoms. The summed E-state index contributed by atoms with van der Waals surface area (Å²) >= 11 is 0. The zero-order chi connectivity index (χ0) is 28.4. The van der Waals surface area contributed by atoms with Gasteiger partial charge < -0.3 is 20.1 Å². The van der Waals surface area contributed by atoms with Crippen molar-refractivity contribution in [1.29, 1.82) is 0 Å². The Morgan fingerprint density at radius 3 is 2.58 bits per heavy atom. The Morgan fingerprint density at radius 1 is 1.12 bits per heavy atom. The number of ether oxygens (including phenoxy) is 2. The maximum Gasteiger partial charge on any atom is 0.330 e. The summed E-state index contributed by atoms with van der Waals surface area (Å²) in [6.45, 7) is 10.9. The molecule has 3 aromatic rings. The number of aliphatic imine (C=N–C) groups is 1. The van der Waals surface area contributed by atoms with E-state index in [1.807, 2.05) is 39.0 Å². The third kappa shape index (κ3) is 5.25. The largest absolute Gasteiger partial charge is 0.493 e. The molecule has 0 aliphatic carbocycles. The summed E-state index contributed by atoms with van der Waals surface area (Å²) in [6.07, 6.45) is 0.682. The molecule has 5 rings (SSSR count). The second kappa shape index (κ2) is 11.4. The van der Waals surface area contributed by atoms with Crippen molar-refractivity contribution in [2.45, 2.75) is 47.2 Å². The molecule has 2 aliphatic heterocycles. The van der Waals surface area contributed by atoms with Gasteiger partial charge in [0.05, 0.1) is 31.6 Å². The number of amidine groups is 1. The van der Waals surface area contributed by atoms with Crippen LogP contribution in [0.15, 0.2) is 45.1 Å². The van der Waals surface area contributed by atoms with E-state index in [1.165, 1.54) is 0 Å². The molecule has 2 aliphatic rings. The minimum Gasteiger partial charge on any atom is -0.493 e. The summed E-state index contributed by atoms with van der Waals surface area (Å²) in [5.74, 6) is 1.37. The first-order valence-electron chi connectivity index (χ1n) is 13.7. The van der Waals surface area contributed by atoms with E-state index in [2.05, 4.69) is 34.7 Å². The lowest BCUT2D eigenvalue weighted by Crippen LogP contribution is -2.45. The maximum absolute atomic E-state index is 14.0. The molecule has 2 aromatic carbocycles. The molecule has 10 heteroatoms. The number of carbonyl (C=O) groups excluding carboxylic acids is 1. The molecule has 0 saturated heterocycles. The van der Waals surface area contributed by atoms with Crippen LogP contribution in [0.1, 0.15) is 29.2 Å². The lowest BCUT2D eigenvalue weighted by atomic mass is 9.97. The number of carbonyl (C=O) groups is 1. The van der Waals surface area contributed by atoms with Gasteiger partial charge in [0.2, 0.25) is 0 Å². The molecule has 40 heavy (non-hydrogen) atoms. The fourth-order valence-electron chi connectivity index (χ4n) is 5.45. The molecule has 10 nitrogen and oxygen atoms in total. The standard InChI is InChI=1S/C30H36N6O4/c1-6-40-25-15-21-7-11-35-23(22(21)16-24(25)39-5)17-26(34-27-19(3)13-18(2)14-20(27)4)36(30(35)38)12-10-33-29(37)28-31-8-9-32-28/h13-17H,6-12H2,1-5H3,(H,31,32)(H,33,37). The van der Waals surface area contributed by atoms with Gasteiger partial charge in [0.25, 0.3) is 5.91 Å². The van der Waals surface area contributed by atoms with Crippen molar-refractivity contribution in [2.24, 2.45) is 9.98 Å². The van der Waals surface area contributed by atoms with Crippen LogP contribution in [-0.2, 0) is 24.3 Å². The van der Waals surface area contributed by atoms with E-state index in [1.54, 1.807) is 16.2 Å². The minimum absolute atomic E-state index is 0.178. The highest BCUT2D eigenvalue weighted by Gasteiger charge is 2.23. The van der Waals surface area contributed by atoms with Crippen molar-refractivity contribution in [1.82, 2.24) is 19.8 Å². The number of nitrogens with zero attached hydrogens (tertiary/aromatic N) is 4. The molecular formula is C30H36N6O4. The number of hydrogen-bond acceptors (Lipinski definition) is 7. The van der Waals surface area contributed by atoms with Crippen molar-refractivity contribution in [2.75, 3.05) is 33.4 Å². The summed E-state index contributed by atoms with van der Waals surface area (Å²) in [4.78, 5) is 35.7. The summed E-state index contributed by atoms with van der Waals surface area (Å²) in [5.41, 5.74) is 7.18. The molecule has 0 saturated carbocycles. The van der Waals surface area contributed by atoms with Gasteiger partial charge in [-0.25, -0.2) is 9.79 Å². The predicted molar refractivity (Wildman–Crippen MR) is 155 cm³/mol. The number of hydrogen-bond donors (Lipinski definition) is 2. The van der Waals surface area contributed by atoms with Gasteiger partial charge in [0.15, 0.2) is 17.3 Å². The van der Waals surface area contributed by atoms with Gasteiger partial charge in [-0.2, -0.15) is 0 Å². The SMILES string of the molecule is CCOc1cc2c(cc1OC)-c1cc(=Nc3c(C)cc(C)cc3C)n(CCNC(=O)C3=NCCN3)c(=O)n1CC2. The maximum atomic E-state index is 14.0. The molecular weight excluding hydrogens is 508 g/mol. The van der Waals surface area contributed by atoms with Crippen LogP contribution in [0.5, 0.6) is 11.5 Å². The van der Waals surface area contributed by atoms with Crippen LogP contribution in [0.4, 0.5) is 5.69 Å². The third-order valence-corrected chi connectivity index (χ3v) is 7.24. The van der Waals surface area contributed by atoms with Gasteiger partial charge in [-0.1, -0.05) is 17.7 Å². The van der Waals surface area contributed by atoms with Crippen LogP contribution in [0.3, 0.4) is 0 Å². The first-order chi connectivity index (χ1) is 19.3. The van der Waals surface area contributed by atoms with Crippen LogP contribution in [0.2, 0.25) is 0 Å². The summed E-state index contributed by atoms with van der Waals surface area (Å²) in [5, 5.41) is 5.85. The average Bonchev–Trinajstić information content (AvgIpc) is 3.47. The molecule has 3 heterocycles. The van der Waals surface area contributed by atoms with Gasteiger partial charge in [-0.15, -0.1) is 0 Å². The quantitative estimate of drug-likeness (QED) is 0.453. The van der Waals surface area contributed by atoms with Gasteiger partial charge >= 0.3 is 5.69 Å². The van der Waals surface area contributed by atoms with E-state index in [9.17, 15) is 9.59 Å². The van der Waals surface area contributed by atoms with E-state index in [0.29, 0.717) is 55.5 Å². The van der Waals surface area contributed by atoms with E-state index in [4.69, 9.17) is 14.5 Å². The Labute approximate surface area is 233 Å². The topological polar surface area (TPSA) is 111 Å². The van der Waals surface area contributed by atoms with Gasteiger partial charge in [0, 0.05) is 37.8 Å². The fraction of sp³-hybridized carbons (Fsp3) is 0.400. The number of benzene rings is 2. The van der Waals surface area contributed by atoms with E-state index < -0.39 is 0 Å². The summed E-state index contributed by atoms with van der Waals surface area (Å²) in [6, 6.07) is 10.1. The van der Waals surface area contributed by atoms with Crippen LogP contribution in [0, 0.1) is 20.8 Å². The second-order valence-corrected chi connectivity index (χ2v) is 10.1. The highest BCUT2D eigenvalue weighted by molar-refractivity contribution is 6.38. The summed E-state index contributed by atoms with van der Waals surface area (Å²) in [7, 11) is 1.61. The molecule has 0 fully saturated rings. The van der Waals surface area contributed by atoms with Crippen LogP contribution < -0.4 is 31.3 Å². The Morgan fingerprint density at radius 2 is 1.90 bits per heavy atom. The van der Waals surface area contributed by atoms with Crippen molar-refractivity contribution in [3.05, 3.63) is 68.6 Å². The Kier molecular flexibility index (Phi) is 7.77. The summed E-state index contributed by atoms with van der Waals surface area (Å²) < 4.78 is 14.8. The van der Waals surface area contributed by atoms with E-state index in [-0.39, 0.29) is 24.7 Å².